The molecule has 16 heavy (non-hydrogen) atoms. The first-order chi connectivity index (χ1) is 7.66. The van der Waals surface area contributed by atoms with Crippen LogP contribution in [0.2, 0.25) is 0 Å². The Hall–Kier alpha value is -1.95. The minimum Gasteiger partial charge on any atom is -0.478 e. The van der Waals surface area contributed by atoms with Gasteiger partial charge < -0.3 is 9.52 Å². The fourth-order valence-electron chi connectivity index (χ4n) is 1.13. The van der Waals surface area contributed by atoms with E-state index in [-0.39, 0.29) is 5.89 Å². The molecule has 2 heterocycles. The molecule has 0 aliphatic carbocycles. The van der Waals surface area contributed by atoms with Crippen molar-refractivity contribution in [2.75, 3.05) is 0 Å². The van der Waals surface area contributed by atoms with Gasteiger partial charge in [-0.15, -0.1) is 10.2 Å². The Morgan fingerprint density at radius 2 is 2.31 bits per heavy atom. The van der Waals surface area contributed by atoms with E-state index in [1.165, 1.54) is 6.08 Å². The van der Waals surface area contributed by atoms with Crippen LogP contribution in [0.1, 0.15) is 11.5 Å². The van der Waals surface area contributed by atoms with Crippen LogP contribution < -0.4 is 0 Å². The van der Waals surface area contributed by atoms with Crippen LogP contribution in [-0.2, 0) is 4.79 Å². The number of hydrogen-bond donors (Lipinski definition) is 1. The number of aliphatic carboxylic acids is 1. The normalized spacial score (nSPS) is 11.1. The Bertz CT molecular complexity index is 542. The largest absolute Gasteiger partial charge is 0.478 e. The van der Waals surface area contributed by atoms with E-state index in [1.54, 1.807) is 11.3 Å². The monoisotopic (exact) mass is 236 g/mol. The van der Waals surface area contributed by atoms with E-state index in [9.17, 15) is 4.79 Å². The van der Waals surface area contributed by atoms with Gasteiger partial charge in [0.25, 0.3) is 0 Å². The molecule has 82 valence electrons. The number of aromatic nitrogens is 2. The summed E-state index contributed by atoms with van der Waals surface area (Å²) >= 11 is 1.55. The first kappa shape index (κ1) is 10.6. The lowest BCUT2D eigenvalue weighted by molar-refractivity contribution is -0.131. The zero-order valence-corrected chi connectivity index (χ0v) is 9.19. The zero-order valence-electron chi connectivity index (χ0n) is 8.38. The highest BCUT2D eigenvalue weighted by Gasteiger charge is 2.10. The summed E-state index contributed by atoms with van der Waals surface area (Å²) in [7, 11) is 0. The molecule has 0 aliphatic rings. The highest BCUT2D eigenvalue weighted by atomic mass is 32.1. The molecule has 2 rings (SSSR count). The molecule has 0 saturated carbocycles. The van der Waals surface area contributed by atoms with Gasteiger partial charge in [0.1, 0.15) is 0 Å². The number of carbonyl (C=O) groups is 1. The van der Waals surface area contributed by atoms with Crippen molar-refractivity contribution in [2.45, 2.75) is 6.92 Å². The molecule has 0 bridgehead atoms. The maximum atomic E-state index is 10.3. The third-order valence-electron chi connectivity index (χ3n) is 1.90. The zero-order chi connectivity index (χ0) is 11.5. The van der Waals surface area contributed by atoms with Crippen LogP contribution in [0.5, 0.6) is 0 Å². The van der Waals surface area contributed by atoms with Crippen LogP contribution in [0.3, 0.4) is 0 Å². The SMILES string of the molecule is Cc1cscc1-c1nnc(/C=C/C(=O)O)o1. The average molecular weight is 236 g/mol. The third kappa shape index (κ3) is 2.17. The first-order valence-electron chi connectivity index (χ1n) is 4.44. The Labute approximate surface area is 95.1 Å². The molecule has 1 N–H and O–H groups in total. The standard InChI is InChI=1S/C10H8N2O3S/c1-6-4-16-5-7(6)10-12-11-8(15-10)2-3-9(13)14/h2-5H,1H3,(H,13,14)/b3-2+. The van der Waals surface area contributed by atoms with Crippen LogP contribution >= 0.6 is 11.3 Å². The van der Waals surface area contributed by atoms with Crippen molar-refractivity contribution in [3.05, 3.63) is 28.3 Å². The molecule has 2 aromatic heterocycles. The number of hydrogen-bond acceptors (Lipinski definition) is 5. The molecular formula is C10H8N2O3S. The van der Waals surface area contributed by atoms with Gasteiger partial charge in [-0.3, -0.25) is 0 Å². The highest BCUT2D eigenvalue weighted by molar-refractivity contribution is 7.08. The van der Waals surface area contributed by atoms with Crippen LogP contribution in [0.25, 0.3) is 17.5 Å². The summed E-state index contributed by atoms with van der Waals surface area (Å²) in [5.74, 6) is -0.460. The van der Waals surface area contributed by atoms with Crippen molar-refractivity contribution in [3.8, 4) is 11.5 Å². The minimum absolute atomic E-state index is 0.183. The number of nitrogens with zero attached hydrogens (tertiary/aromatic N) is 2. The van der Waals surface area contributed by atoms with Crippen molar-refractivity contribution < 1.29 is 14.3 Å². The molecule has 0 unspecified atom stereocenters. The molecule has 0 aliphatic heterocycles. The number of rotatable bonds is 3. The summed E-state index contributed by atoms with van der Waals surface area (Å²) < 4.78 is 5.29. The Morgan fingerprint density at radius 3 is 2.94 bits per heavy atom. The van der Waals surface area contributed by atoms with Crippen LogP contribution in [-0.4, -0.2) is 21.3 Å². The second-order valence-corrected chi connectivity index (χ2v) is 3.83. The molecule has 6 heteroatoms. The van der Waals surface area contributed by atoms with Crippen LogP contribution in [0, 0.1) is 6.92 Å². The van der Waals surface area contributed by atoms with Gasteiger partial charge in [0.2, 0.25) is 11.8 Å². The Morgan fingerprint density at radius 1 is 1.50 bits per heavy atom. The first-order valence-corrected chi connectivity index (χ1v) is 5.39. The lowest BCUT2D eigenvalue weighted by Crippen LogP contribution is -1.85. The van der Waals surface area contributed by atoms with Crippen molar-refractivity contribution in [1.29, 1.82) is 0 Å². The van der Waals surface area contributed by atoms with Gasteiger partial charge in [0.05, 0.1) is 5.56 Å². The highest BCUT2D eigenvalue weighted by Crippen LogP contribution is 2.25. The molecule has 0 atom stereocenters. The van der Waals surface area contributed by atoms with Gasteiger partial charge in [-0.1, -0.05) is 0 Å². The van der Waals surface area contributed by atoms with Gasteiger partial charge in [-0.25, -0.2) is 4.79 Å². The van der Waals surface area contributed by atoms with Crippen LogP contribution in [0.4, 0.5) is 0 Å². The summed E-state index contributed by atoms with van der Waals surface area (Å²) in [6.07, 6.45) is 2.22. The molecular weight excluding hydrogens is 228 g/mol. The number of aryl methyl sites for hydroxylation is 1. The van der Waals surface area contributed by atoms with Crippen molar-refractivity contribution in [1.82, 2.24) is 10.2 Å². The summed E-state index contributed by atoms with van der Waals surface area (Å²) in [5, 5.41) is 19.9. The third-order valence-corrected chi connectivity index (χ3v) is 2.76. The van der Waals surface area contributed by atoms with Gasteiger partial charge in [0.15, 0.2) is 0 Å². The van der Waals surface area contributed by atoms with Gasteiger partial charge in [0, 0.05) is 17.5 Å². The maximum absolute atomic E-state index is 10.3. The van der Waals surface area contributed by atoms with E-state index < -0.39 is 5.97 Å². The van der Waals surface area contributed by atoms with E-state index in [4.69, 9.17) is 9.52 Å². The minimum atomic E-state index is -1.05. The summed E-state index contributed by atoms with van der Waals surface area (Å²) in [5.41, 5.74) is 1.94. The fraction of sp³-hybridized carbons (Fsp3) is 0.100. The van der Waals surface area contributed by atoms with Gasteiger partial charge >= 0.3 is 5.97 Å². The lowest BCUT2D eigenvalue weighted by Gasteiger charge is -1.89. The number of carboxylic acid groups (broad SMARTS) is 1. The number of carboxylic acids is 1. The Kier molecular flexibility index (Phi) is 2.82. The average Bonchev–Trinajstić information content (AvgIpc) is 2.83. The summed E-state index contributed by atoms with van der Waals surface area (Å²) in [6, 6.07) is 0. The number of thiophene rings is 1. The topological polar surface area (TPSA) is 76.2 Å². The predicted octanol–water partition coefficient (Wildman–Crippen LogP) is 2.20. The molecule has 5 nitrogen and oxygen atoms in total. The van der Waals surface area contributed by atoms with Crippen molar-refractivity contribution in [2.24, 2.45) is 0 Å². The van der Waals surface area contributed by atoms with Gasteiger partial charge in [-0.2, -0.15) is 11.3 Å². The summed E-state index contributed by atoms with van der Waals surface area (Å²) in [6.45, 7) is 1.95. The smallest absolute Gasteiger partial charge is 0.328 e. The molecule has 0 spiro atoms. The second kappa shape index (κ2) is 4.28. The van der Waals surface area contributed by atoms with Crippen molar-refractivity contribution >= 4 is 23.4 Å². The quantitative estimate of drug-likeness (QED) is 0.827. The van der Waals surface area contributed by atoms with E-state index in [0.717, 1.165) is 17.2 Å². The molecule has 0 fully saturated rings. The molecule has 0 radical (unpaired) electrons. The fourth-order valence-corrected chi connectivity index (χ4v) is 1.95. The Balaban J connectivity index is 2.27. The summed E-state index contributed by atoms with van der Waals surface area (Å²) in [4.78, 5) is 10.3. The molecule has 0 amide bonds. The van der Waals surface area contributed by atoms with E-state index in [0.29, 0.717) is 5.89 Å². The van der Waals surface area contributed by atoms with Crippen molar-refractivity contribution in [3.63, 3.8) is 0 Å². The maximum Gasteiger partial charge on any atom is 0.328 e. The van der Waals surface area contributed by atoms with E-state index in [2.05, 4.69) is 10.2 Å². The molecule has 0 aromatic carbocycles. The predicted molar refractivity (Wildman–Crippen MR) is 59.0 cm³/mol. The lowest BCUT2D eigenvalue weighted by atomic mass is 10.2. The van der Waals surface area contributed by atoms with E-state index in [1.807, 2.05) is 17.7 Å². The second-order valence-electron chi connectivity index (χ2n) is 3.09. The molecule has 0 saturated heterocycles. The van der Waals surface area contributed by atoms with Gasteiger partial charge in [-0.05, 0) is 17.9 Å². The molecule has 2 aromatic rings. The van der Waals surface area contributed by atoms with E-state index >= 15 is 0 Å². The van der Waals surface area contributed by atoms with Crippen LogP contribution in [0.15, 0.2) is 21.3 Å².